The Bertz CT molecular complexity index is 969. The molecule has 7 nitrogen and oxygen atoms in total. The van der Waals surface area contributed by atoms with Crippen molar-refractivity contribution >= 4 is 17.8 Å². The number of ketones is 1. The molecule has 0 spiro atoms. The van der Waals surface area contributed by atoms with E-state index in [1.807, 2.05) is 39.8 Å². The summed E-state index contributed by atoms with van der Waals surface area (Å²) in [7, 11) is 1.29. The summed E-state index contributed by atoms with van der Waals surface area (Å²) in [5, 5.41) is 2.74. The molecule has 0 aliphatic heterocycles. The minimum Gasteiger partial charge on any atom is -0.465 e. The highest BCUT2D eigenvalue weighted by Gasteiger charge is 2.27. The van der Waals surface area contributed by atoms with Crippen molar-refractivity contribution in [1.82, 2.24) is 10.3 Å². The standard InChI is InChI=1S/C24H32N2O5/c1-14-19(20(15(2)26-14)22(28)30-7)21(27)18-11-9-8-10-17(18)12-13-25-23(29)31-16(3)24(4,5)6/h8-11,16,26H,12-13H2,1-7H3,(H,25,29). The van der Waals surface area contributed by atoms with Crippen LogP contribution in [-0.4, -0.2) is 42.6 Å². The zero-order chi connectivity index (χ0) is 23.3. The summed E-state index contributed by atoms with van der Waals surface area (Å²) in [5.74, 6) is -0.818. The highest BCUT2D eigenvalue weighted by Crippen LogP contribution is 2.25. The molecule has 1 aromatic heterocycles. The lowest BCUT2D eigenvalue weighted by Gasteiger charge is -2.26. The first kappa shape index (κ1) is 24.2. The maximum Gasteiger partial charge on any atom is 0.407 e. The molecule has 2 rings (SSSR count). The maximum absolute atomic E-state index is 13.4. The summed E-state index contributed by atoms with van der Waals surface area (Å²) >= 11 is 0. The second-order valence-corrected chi connectivity index (χ2v) is 8.69. The quantitative estimate of drug-likeness (QED) is 0.505. The number of alkyl carbamates (subject to hydrolysis) is 1. The Kier molecular flexibility index (Phi) is 7.65. The highest BCUT2D eigenvalue weighted by molar-refractivity contribution is 6.16. The first-order valence-corrected chi connectivity index (χ1v) is 10.3. The lowest BCUT2D eigenvalue weighted by atomic mass is 9.90. The zero-order valence-corrected chi connectivity index (χ0v) is 19.3. The van der Waals surface area contributed by atoms with Gasteiger partial charge in [-0.15, -0.1) is 0 Å². The summed E-state index contributed by atoms with van der Waals surface area (Å²) in [6, 6.07) is 7.17. The van der Waals surface area contributed by atoms with Gasteiger partial charge in [-0.25, -0.2) is 9.59 Å². The van der Waals surface area contributed by atoms with Crippen LogP contribution >= 0.6 is 0 Å². The summed E-state index contributed by atoms with van der Waals surface area (Å²) < 4.78 is 10.3. The van der Waals surface area contributed by atoms with Crippen molar-refractivity contribution in [3.63, 3.8) is 0 Å². The molecule has 0 fully saturated rings. The van der Waals surface area contributed by atoms with E-state index in [1.165, 1.54) is 7.11 Å². The zero-order valence-electron chi connectivity index (χ0n) is 19.3. The number of esters is 1. The lowest BCUT2D eigenvalue weighted by molar-refractivity contribution is 0.0438. The van der Waals surface area contributed by atoms with Gasteiger partial charge in [-0.1, -0.05) is 45.0 Å². The number of ether oxygens (including phenoxy) is 2. The van der Waals surface area contributed by atoms with E-state index in [9.17, 15) is 14.4 Å². The molecule has 1 unspecified atom stereocenters. The number of benzene rings is 1. The van der Waals surface area contributed by atoms with Gasteiger partial charge in [0.25, 0.3) is 0 Å². The summed E-state index contributed by atoms with van der Waals surface area (Å²) in [6.07, 6.45) is -0.286. The Labute approximate surface area is 183 Å². The monoisotopic (exact) mass is 428 g/mol. The molecule has 1 aromatic carbocycles. The van der Waals surface area contributed by atoms with Gasteiger partial charge in [-0.2, -0.15) is 0 Å². The van der Waals surface area contributed by atoms with Crippen LogP contribution in [0.1, 0.15) is 70.9 Å². The highest BCUT2D eigenvalue weighted by atomic mass is 16.6. The molecule has 0 aliphatic rings. The van der Waals surface area contributed by atoms with E-state index in [0.29, 0.717) is 35.5 Å². The molecule has 0 saturated carbocycles. The fraction of sp³-hybridized carbons (Fsp3) is 0.458. The molecule has 0 saturated heterocycles. The third kappa shape index (κ3) is 5.75. The number of H-pyrrole nitrogens is 1. The van der Waals surface area contributed by atoms with Gasteiger partial charge in [0, 0.05) is 23.5 Å². The second-order valence-electron chi connectivity index (χ2n) is 8.69. The van der Waals surface area contributed by atoms with Crippen LogP contribution in [0.3, 0.4) is 0 Å². The Balaban J connectivity index is 2.18. The van der Waals surface area contributed by atoms with E-state index >= 15 is 0 Å². The lowest BCUT2D eigenvalue weighted by Crippen LogP contribution is -2.35. The Morgan fingerprint density at radius 3 is 2.29 bits per heavy atom. The van der Waals surface area contributed by atoms with Crippen LogP contribution in [0, 0.1) is 19.3 Å². The molecule has 31 heavy (non-hydrogen) atoms. The molecule has 1 heterocycles. The molecule has 1 atom stereocenters. The van der Waals surface area contributed by atoms with E-state index in [-0.39, 0.29) is 22.9 Å². The van der Waals surface area contributed by atoms with E-state index in [4.69, 9.17) is 9.47 Å². The van der Waals surface area contributed by atoms with Crippen LogP contribution < -0.4 is 5.32 Å². The van der Waals surface area contributed by atoms with E-state index in [2.05, 4.69) is 10.3 Å². The number of methoxy groups -OCH3 is 1. The van der Waals surface area contributed by atoms with Crippen LogP contribution in [0.2, 0.25) is 0 Å². The number of rotatable bonds is 7. The molecule has 7 heteroatoms. The first-order valence-electron chi connectivity index (χ1n) is 10.3. The van der Waals surface area contributed by atoms with Gasteiger partial charge in [0.15, 0.2) is 5.78 Å². The number of carbonyl (C=O) groups excluding carboxylic acids is 3. The van der Waals surface area contributed by atoms with Crippen molar-refractivity contribution in [2.45, 2.75) is 54.1 Å². The van der Waals surface area contributed by atoms with Crippen molar-refractivity contribution in [2.24, 2.45) is 5.41 Å². The third-order valence-corrected chi connectivity index (χ3v) is 5.42. The average molecular weight is 429 g/mol. The molecular formula is C24H32N2O5. The topological polar surface area (TPSA) is 97.5 Å². The summed E-state index contributed by atoms with van der Waals surface area (Å²) in [5.41, 5.74) is 2.85. The van der Waals surface area contributed by atoms with Crippen LogP contribution in [0.4, 0.5) is 4.79 Å². The number of nitrogens with one attached hydrogen (secondary N) is 2. The SMILES string of the molecule is COC(=O)c1c(C)[nH]c(C)c1C(=O)c1ccccc1CCNC(=O)OC(C)C(C)(C)C. The molecule has 0 aliphatic carbocycles. The smallest absolute Gasteiger partial charge is 0.407 e. The minimum atomic E-state index is -0.555. The molecular weight excluding hydrogens is 396 g/mol. The molecule has 2 N–H and O–H groups in total. The molecule has 1 amide bonds. The van der Waals surface area contributed by atoms with Gasteiger partial charge >= 0.3 is 12.1 Å². The van der Waals surface area contributed by atoms with Crippen molar-refractivity contribution < 1.29 is 23.9 Å². The van der Waals surface area contributed by atoms with Gasteiger partial charge in [-0.05, 0) is 38.2 Å². The predicted molar refractivity (Wildman–Crippen MR) is 119 cm³/mol. The van der Waals surface area contributed by atoms with Gasteiger partial charge in [0.1, 0.15) is 6.10 Å². The van der Waals surface area contributed by atoms with Crippen molar-refractivity contribution in [1.29, 1.82) is 0 Å². The Morgan fingerprint density at radius 1 is 1.06 bits per heavy atom. The fourth-order valence-electron chi connectivity index (χ4n) is 3.20. The summed E-state index contributed by atoms with van der Waals surface area (Å²) in [4.78, 5) is 40.7. The predicted octanol–water partition coefficient (Wildman–Crippen LogP) is 4.35. The number of aryl methyl sites for hydroxylation is 2. The summed E-state index contributed by atoms with van der Waals surface area (Å²) in [6.45, 7) is 11.7. The maximum atomic E-state index is 13.4. The van der Waals surface area contributed by atoms with Gasteiger partial charge in [-0.3, -0.25) is 4.79 Å². The third-order valence-electron chi connectivity index (χ3n) is 5.42. The fourth-order valence-corrected chi connectivity index (χ4v) is 3.20. The van der Waals surface area contributed by atoms with Crippen LogP contribution in [0.5, 0.6) is 0 Å². The van der Waals surface area contributed by atoms with Crippen LogP contribution in [0.25, 0.3) is 0 Å². The number of aromatic amines is 1. The average Bonchev–Trinajstić information content (AvgIpc) is 3.00. The largest absolute Gasteiger partial charge is 0.465 e. The number of hydrogen-bond donors (Lipinski definition) is 2. The number of carbonyl (C=O) groups is 3. The number of hydrogen-bond acceptors (Lipinski definition) is 5. The van der Waals surface area contributed by atoms with Crippen molar-refractivity contribution in [3.05, 3.63) is 57.9 Å². The van der Waals surface area contributed by atoms with E-state index in [1.54, 1.807) is 26.0 Å². The minimum absolute atomic E-state index is 0.153. The van der Waals surface area contributed by atoms with Gasteiger partial charge in [0.2, 0.25) is 0 Å². The van der Waals surface area contributed by atoms with E-state index in [0.717, 1.165) is 5.56 Å². The Hall–Kier alpha value is -3.09. The normalized spacial score (nSPS) is 12.2. The van der Waals surface area contributed by atoms with Gasteiger partial charge in [0.05, 0.1) is 18.2 Å². The second kappa shape index (κ2) is 9.81. The van der Waals surface area contributed by atoms with Crippen molar-refractivity contribution in [2.75, 3.05) is 13.7 Å². The first-order chi connectivity index (χ1) is 14.5. The van der Waals surface area contributed by atoms with Crippen molar-refractivity contribution in [3.8, 4) is 0 Å². The Morgan fingerprint density at radius 2 is 1.68 bits per heavy atom. The van der Waals surface area contributed by atoms with Gasteiger partial charge < -0.3 is 19.8 Å². The number of amides is 1. The molecule has 2 aromatic rings. The molecule has 168 valence electrons. The molecule has 0 radical (unpaired) electrons. The molecule has 0 bridgehead atoms. The van der Waals surface area contributed by atoms with Crippen LogP contribution in [0.15, 0.2) is 24.3 Å². The number of aromatic nitrogens is 1. The van der Waals surface area contributed by atoms with E-state index < -0.39 is 12.1 Å². The van der Waals surface area contributed by atoms with Crippen LogP contribution in [-0.2, 0) is 15.9 Å².